The first-order chi connectivity index (χ1) is 9.49. The molecule has 0 aromatic rings. The van der Waals surface area contributed by atoms with Crippen LogP contribution in [0.2, 0.25) is 0 Å². The summed E-state index contributed by atoms with van der Waals surface area (Å²) in [4.78, 5) is 0. The minimum absolute atomic E-state index is 0.583. The Bertz CT molecular complexity index is 325. The smallest absolute Gasteiger partial charge is 0.264 e. The normalized spacial score (nSPS) is 13.3. The third-order valence-electron chi connectivity index (χ3n) is 3.35. The van der Waals surface area contributed by atoms with Gasteiger partial charge in [0.25, 0.3) is 0 Å². The first-order valence-corrected chi connectivity index (χ1v) is 9.14. The molecular weight excluding hydrogens is 276 g/mol. The van der Waals surface area contributed by atoms with Gasteiger partial charge < -0.3 is 0 Å². The molecule has 1 N–H and O–H groups in total. The Labute approximate surface area is 124 Å². The van der Waals surface area contributed by atoms with Gasteiger partial charge in [-0.05, 0) is 6.42 Å². The lowest BCUT2D eigenvalue weighted by Gasteiger charge is -2.10. The van der Waals surface area contributed by atoms with Crippen molar-refractivity contribution in [2.24, 2.45) is 0 Å². The zero-order valence-electron chi connectivity index (χ0n) is 12.7. The van der Waals surface area contributed by atoms with Crippen LogP contribution in [0.3, 0.4) is 0 Å². The van der Waals surface area contributed by atoms with Crippen LogP contribution in [0, 0.1) is 0 Å². The Hall–Kier alpha value is -0.390. The standard InChI is InChI=1S/C15H30O4S/c1-3-5-6-7-8-9-10-11-12-13-14-15(4-2)19-20(16,17)18/h4,15H,2-3,5-14H2,1H3,(H,16,17,18). The van der Waals surface area contributed by atoms with E-state index >= 15 is 0 Å². The number of unbranched alkanes of at least 4 members (excludes halogenated alkanes) is 9. The number of hydrogen-bond acceptors (Lipinski definition) is 3. The van der Waals surface area contributed by atoms with Crippen molar-refractivity contribution in [1.82, 2.24) is 0 Å². The Balaban J connectivity index is 3.40. The summed E-state index contributed by atoms with van der Waals surface area (Å²) in [6.07, 6.45) is 13.7. The molecule has 0 aromatic heterocycles. The maximum Gasteiger partial charge on any atom is 0.397 e. The summed E-state index contributed by atoms with van der Waals surface area (Å²) >= 11 is 0. The van der Waals surface area contributed by atoms with Crippen molar-refractivity contribution >= 4 is 10.4 Å². The molecular formula is C15H30O4S. The van der Waals surface area contributed by atoms with Crippen LogP contribution in [0.5, 0.6) is 0 Å². The highest BCUT2D eigenvalue weighted by Gasteiger charge is 2.13. The maximum atomic E-state index is 10.6. The number of hydrogen-bond donors (Lipinski definition) is 1. The summed E-state index contributed by atoms with van der Waals surface area (Å²) < 4.78 is 34.2. The highest BCUT2D eigenvalue weighted by molar-refractivity contribution is 7.80. The highest BCUT2D eigenvalue weighted by atomic mass is 32.3. The minimum atomic E-state index is -4.37. The average Bonchev–Trinajstić information content (AvgIpc) is 2.38. The van der Waals surface area contributed by atoms with E-state index in [0.29, 0.717) is 6.42 Å². The van der Waals surface area contributed by atoms with Crippen molar-refractivity contribution in [1.29, 1.82) is 0 Å². The summed E-state index contributed by atoms with van der Waals surface area (Å²) in [5.74, 6) is 0. The fourth-order valence-corrected chi connectivity index (χ4v) is 2.68. The Morgan fingerprint density at radius 1 is 1.00 bits per heavy atom. The van der Waals surface area contributed by atoms with Crippen LogP contribution < -0.4 is 0 Å². The van der Waals surface area contributed by atoms with E-state index in [1.165, 1.54) is 57.4 Å². The molecule has 120 valence electrons. The molecule has 4 nitrogen and oxygen atoms in total. The van der Waals surface area contributed by atoms with Gasteiger partial charge in [-0.25, -0.2) is 4.18 Å². The molecule has 0 aliphatic carbocycles. The van der Waals surface area contributed by atoms with Crippen LogP contribution >= 0.6 is 0 Å². The Morgan fingerprint density at radius 3 is 1.85 bits per heavy atom. The predicted molar refractivity (Wildman–Crippen MR) is 83.1 cm³/mol. The zero-order chi connectivity index (χ0) is 15.3. The van der Waals surface area contributed by atoms with E-state index in [2.05, 4.69) is 17.7 Å². The first kappa shape index (κ1) is 19.6. The van der Waals surface area contributed by atoms with Gasteiger partial charge in [-0.2, -0.15) is 8.42 Å². The molecule has 20 heavy (non-hydrogen) atoms. The Kier molecular flexibility index (Phi) is 12.1. The van der Waals surface area contributed by atoms with Crippen LogP contribution in [0.1, 0.15) is 77.6 Å². The van der Waals surface area contributed by atoms with E-state index < -0.39 is 16.5 Å². The second-order valence-corrected chi connectivity index (χ2v) is 6.32. The lowest BCUT2D eigenvalue weighted by Crippen LogP contribution is -2.15. The molecule has 1 unspecified atom stereocenters. The molecule has 0 bridgehead atoms. The monoisotopic (exact) mass is 306 g/mol. The second-order valence-electron chi connectivity index (χ2n) is 5.27. The highest BCUT2D eigenvalue weighted by Crippen LogP contribution is 2.14. The quantitative estimate of drug-likeness (QED) is 0.288. The summed E-state index contributed by atoms with van der Waals surface area (Å²) in [5, 5.41) is 0. The molecule has 0 fully saturated rings. The molecule has 0 aromatic carbocycles. The summed E-state index contributed by atoms with van der Waals surface area (Å²) in [6, 6.07) is 0. The molecule has 0 amide bonds. The third-order valence-corrected chi connectivity index (χ3v) is 3.84. The van der Waals surface area contributed by atoms with Crippen molar-refractivity contribution in [3.8, 4) is 0 Å². The van der Waals surface area contributed by atoms with Gasteiger partial charge in [0, 0.05) is 0 Å². The largest absolute Gasteiger partial charge is 0.397 e. The van der Waals surface area contributed by atoms with Crippen molar-refractivity contribution < 1.29 is 17.2 Å². The average molecular weight is 306 g/mol. The van der Waals surface area contributed by atoms with Crippen LogP contribution in [-0.2, 0) is 14.6 Å². The SMILES string of the molecule is C=CC(CCCCCCCCCCCC)OS(=O)(=O)O. The van der Waals surface area contributed by atoms with E-state index in [1.54, 1.807) is 0 Å². The Morgan fingerprint density at radius 2 is 1.45 bits per heavy atom. The zero-order valence-corrected chi connectivity index (χ0v) is 13.5. The summed E-state index contributed by atoms with van der Waals surface area (Å²) in [7, 11) is -4.37. The molecule has 0 saturated heterocycles. The van der Waals surface area contributed by atoms with Gasteiger partial charge in [-0.15, -0.1) is 6.58 Å². The fraction of sp³-hybridized carbons (Fsp3) is 0.867. The minimum Gasteiger partial charge on any atom is -0.264 e. The molecule has 5 heteroatoms. The number of rotatable bonds is 14. The summed E-state index contributed by atoms with van der Waals surface area (Å²) in [6.45, 7) is 5.73. The molecule has 0 rings (SSSR count). The fourth-order valence-electron chi connectivity index (χ4n) is 2.19. The van der Waals surface area contributed by atoms with Gasteiger partial charge in [0.05, 0.1) is 6.10 Å². The first-order valence-electron chi connectivity index (χ1n) is 7.78. The maximum absolute atomic E-state index is 10.6. The van der Waals surface area contributed by atoms with Crippen molar-refractivity contribution in [3.63, 3.8) is 0 Å². The van der Waals surface area contributed by atoms with Crippen LogP contribution in [-0.4, -0.2) is 19.1 Å². The summed E-state index contributed by atoms with van der Waals surface area (Å²) in [5.41, 5.74) is 0. The molecule has 0 saturated carbocycles. The molecule has 0 spiro atoms. The van der Waals surface area contributed by atoms with Crippen LogP contribution in [0.4, 0.5) is 0 Å². The molecule has 0 radical (unpaired) electrons. The van der Waals surface area contributed by atoms with Crippen molar-refractivity contribution in [3.05, 3.63) is 12.7 Å². The topological polar surface area (TPSA) is 63.6 Å². The van der Waals surface area contributed by atoms with Gasteiger partial charge in [0.15, 0.2) is 0 Å². The van der Waals surface area contributed by atoms with Gasteiger partial charge in [0.1, 0.15) is 0 Å². The van der Waals surface area contributed by atoms with E-state index in [9.17, 15) is 8.42 Å². The molecule has 0 heterocycles. The molecule has 1 atom stereocenters. The second kappa shape index (κ2) is 12.4. The lowest BCUT2D eigenvalue weighted by atomic mass is 10.0. The van der Waals surface area contributed by atoms with E-state index in [1.807, 2.05) is 0 Å². The van der Waals surface area contributed by atoms with Gasteiger partial charge >= 0.3 is 10.4 Å². The van der Waals surface area contributed by atoms with Crippen LogP contribution in [0.15, 0.2) is 12.7 Å². The van der Waals surface area contributed by atoms with Gasteiger partial charge in [-0.1, -0.05) is 77.2 Å². The predicted octanol–water partition coefficient (Wildman–Crippen LogP) is 4.67. The van der Waals surface area contributed by atoms with Crippen LogP contribution in [0.25, 0.3) is 0 Å². The molecule has 0 aliphatic rings. The third kappa shape index (κ3) is 14.0. The lowest BCUT2D eigenvalue weighted by molar-refractivity contribution is 0.208. The van der Waals surface area contributed by atoms with E-state index in [4.69, 9.17) is 4.55 Å². The van der Waals surface area contributed by atoms with Gasteiger partial charge in [0.2, 0.25) is 0 Å². The molecule has 0 aliphatic heterocycles. The van der Waals surface area contributed by atoms with E-state index in [-0.39, 0.29) is 0 Å². The van der Waals surface area contributed by atoms with Crippen molar-refractivity contribution in [2.45, 2.75) is 83.7 Å². The van der Waals surface area contributed by atoms with Gasteiger partial charge in [-0.3, -0.25) is 4.55 Å². The van der Waals surface area contributed by atoms with E-state index in [0.717, 1.165) is 12.8 Å². The van der Waals surface area contributed by atoms with Crippen molar-refractivity contribution in [2.75, 3.05) is 0 Å².